The van der Waals surface area contributed by atoms with E-state index in [1.807, 2.05) is 44.2 Å². The molecule has 3 aromatic rings. The molecular weight excluding hydrogens is 302 g/mol. The normalized spacial score (nSPS) is 16.4. The summed E-state index contributed by atoms with van der Waals surface area (Å²) in [6, 6.07) is 13.2. The van der Waals surface area contributed by atoms with Gasteiger partial charge in [-0.05, 0) is 49.2 Å². The second-order valence-electron chi connectivity index (χ2n) is 6.19. The number of carbonyl (C=O) groups is 1. The molecule has 24 heavy (non-hydrogen) atoms. The minimum atomic E-state index is -0.554. The molecule has 0 fully saturated rings. The lowest BCUT2D eigenvalue weighted by atomic mass is 10.0. The Hall–Kier alpha value is -3.08. The van der Waals surface area contributed by atoms with Gasteiger partial charge in [-0.3, -0.25) is 9.59 Å². The van der Waals surface area contributed by atoms with Gasteiger partial charge >= 0.3 is 0 Å². The molecular formula is C19H17N3O2. The Bertz CT molecular complexity index is 1040. The van der Waals surface area contributed by atoms with E-state index in [1.165, 1.54) is 0 Å². The van der Waals surface area contributed by atoms with E-state index < -0.39 is 6.17 Å². The molecule has 1 amide bonds. The number of amides is 1. The molecule has 1 unspecified atom stereocenters. The van der Waals surface area contributed by atoms with Gasteiger partial charge in [0, 0.05) is 16.6 Å². The second-order valence-corrected chi connectivity index (χ2v) is 6.19. The summed E-state index contributed by atoms with van der Waals surface area (Å²) in [4.78, 5) is 27.7. The number of aromatic amines is 1. The zero-order valence-electron chi connectivity index (χ0n) is 13.4. The lowest BCUT2D eigenvalue weighted by Crippen LogP contribution is -2.40. The average molecular weight is 319 g/mol. The van der Waals surface area contributed by atoms with Crippen molar-refractivity contribution in [1.29, 1.82) is 0 Å². The molecule has 120 valence electrons. The van der Waals surface area contributed by atoms with Crippen molar-refractivity contribution in [2.45, 2.75) is 20.0 Å². The largest absolute Gasteiger partial charge is 0.361 e. The summed E-state index contributed by atoms with van der Waals surface area (Å²) in [5, 5.41) is 7.06. The molecule has 0 saturated heterocycles. The first kappa shape index (κ1) is 14.5. The van der Waals surface area contributed by atoms with E-state index in [0.717, 1.165) is 27.7 Å². The molecule has 0 spiro atoms. The number of benzene rings is 2. The summed E-state index contributed by atoms with van der Waals surface area (Å²) in [5.41, 5.74) is 4.60. The minimum absolute atomic E-state index is 0.186. The number of fused-ring (bicyclic) bond motifs is 2. The molecule has 1 aromatic heterocycles. The zero-order chi connectivity index (χ0) is 16.8. The van der Waals surface area contributed by atoms with Crippen LogP contribution in [0.4, 0.5) is 5.69 Å². The van der Waals surface area contributed by atoms with Crippen molar-refractivity contribution in [1.82, 2.24) is 10.3 Å². The van der Waals surface area contributed by atoms with Gasteiger partial charge in [0.2, 0.25) is 0 Å². The SMILES string of the molecule is Cc1cc(C)c2cc(C3NC(=O)c4ccccc4N3)c(=O)[nH]c2c1. The zero-order valence-corrected chi connectivity index (χ0v) is 13.4. The lowest BCUT2D eigenvalue weighted by Gasteiger charge is -2.27. The maximum absolute atomic E-state index is 12.5. The number of rotatable bonds is 1. The summed E-state index contributed by atoms with van der Waals surface area (Å²) in [7, 11) is 0. The number of aromatic nitrogens is 1. The first-order valence-electron chi connectivity index (χ1n) is 7.83. The third kappa shape index (κ3) is 2.25. The monoisotopic (exact) mass is 319 g/mol. The molecule has 3 N–H and O–H groups in total. The average Bonchev–Trinajstić information content (AvgIpc) is 2.54. The standard InChI is InChI=1S/C19H17N3O2/c1-10-7-11(2)13-9-14(19(24)21-16(13)8-10)17-20-15-6-4-3-5-12(15)18(23)22-17/h3-9,17,20H,1-2H3,(H,21,24)(H,22,23). The number of H-pyrrole nitrogens is 1. The molecule has 0 bridgehead atoms. The molecule has 1 aliphatic heterocycles. The van der Waals surface area contributed by atoms with Gasteiger partial charge in [-0.1, -0.05) is 18.2 Å². The fourth-order valence-electron chi connectivity index (χ4n) is 3.27. The van der Waals surface area contributed by atoms with Crippen LogP contribution in [0.15, 0.2) is 47.3 Å². The quantitative estimate of drug-likeness (QED) is 0.645. The van der Waals surface area contributed by atoms with Crippen LogP contribution in [-0.2, 0) is 0 Å². The molecule has 1 atom stereocenters. The molecule has 5 heteroatoms. The van der Waals surface area contributed by atoms with Crippen LogP contribution in [0.3, 0.4) is 0 Å². The molecule has 1 aliphatic rings. The number of hydrogen-bond acceptors (Lipinski definition) is 3. The fourth-order valence-corrected chi connectivity index (χ4v) is 3.27. The van der Waals surface area contributed by atoms with Crippen LogP contribution in [-0.4, -0.2) is 10.9 Å². The number of aryl methyl sites for hydroxylation is 2. The van der Waals surface area contributed by atoms with Gasteiger partial charge < -0.3 is 15.6 Å². The van der Waals surface area contributed by atoms with Crippen LogP contribution >= 0.6 is 0 Å². The van der Waals surface area contributed by atoms with Gasteiger partial charge in [0.1, 0.15) is 6.17 Å². The number of pyridine rings is 1. The maximum Gasteiger partial charge on any atom is 0.255 e. The highest BCUT2D eigenvalue weighted by Crippen LogP contribution is 2.27. The first-order chi connectivity index (χ1) is 11.5. The summed E-state index contributed by atoms with van der Waals surface area (Å²) in [6.45, 7) is 4.01. The molecule has 0 saturated carbocycles. The van der Waals surface area contributed by atoms with Crippen LogP contribution in [0.25, 0.3) is 10.9 Å². The van der Waals surface area contributed by atoms with E-state index in [1.54, 1.807) is 6.07 Å². The van der Waals surface area contributed by atoms with E-state index >= 15 is 0 Å². The lowest BCUT2D eigenvalue weighted by molar-refractivity contribution is 0.0935. The van der Waals surface area contributed by atoms with Crippen molar-refractivity contribution in [2.24, 2.45) is 0 Å². The summed E-state index contributed by atoms with van der Waals surface area (Å²) in [5.74, 6) is -0.186. The van der Waals surface area contributed by atoms with Crippen molar-refractivity contribution in [3.05, 3.63) is 75.1 Å². The minimum Gasteiger partial charge on any atom is -0.361 e. The van der Waals surface area contributed by atoms with E-state index in [2.05, 4.69) is 21.7 Å². The van der Waals surface area contributed by atoms with Gasteiger partial charge in [-0.2, -0.15) is 0 Å². The molecule has 0 radical (unpaired) electrons. The molecule has 2 heterocycles. The van der Waals surface area contributed by atoms with Crippen molar-refractivity contribution < 1.29 is 4.79 Å². The van der Waals surface area contributed by atoms with E-state index in [4.69, 9.17) is 0 Å². The third-order valence-electron chi connectivity index (χ3n) is 4.40. The van der Waals surface area contributed by atoms with Gasteiger partial charge in [0.05, 0.1) is 11.1 Å². The Morgan fingerprint density at radius 3 is 2.58 bits per heavy atom. The summed E-state index contributed by atoms with van der Waals surface area (Å²) in [6.07, 6.45) is -0.554. The Balaban J connectivity index is 1.84. The van der Waals surface area contributed by atoms with Gasteiger partial charge in [0.15, 0.2) is 0 Å². The number of anilines is 1. The smallest absolute Gasteiger partial charge is 0.255 e. The Morgan fingerprint density at radius 1 is 0.958 bits per heavy atom. The summed E-state index contributed by atoms with van der Waals surface area (Å²) >= 11 is 0. The molecule has 2 aromatic carbocycles. The number of carbonyl (C=O) groups excluding carboxylic acids is 1. The van der Waals surface area contributed by atoms with Gasteiger partial charge in [0.25, 0.3) is 11.5 Å². The van der Waals surface area contributed by atoms with E-state index in [0.29, 0.717) is 11.1 Å². The second kappa shape index (κ2) is 5.23. The highest BCUT2D eigenvalue weighted by atomic mass is 16.2. The van der Waals surface area contributed by atoms with Crippen molar-refractivity contribution in [3.63, 3.8) is 0 Å². The highest BCUT2D eigenvalue weighted by Gasteiger charge is 2.26. The van der Waals surface area contributed by atoms with Crippen LogP contribution in [0, 0.1) is 13.8 Å². The van der Waals surface area contributed by atoms with Gasteiger partial charge in [-0.15, -0.1) is 0 Å². The molecule has 5 nitrogen and oxygen atoms in total. The van der Waals surface area contributed by atoms with Crippen LogP contribution < -0.4 is 16.2 Å². The van der Waals surface area contributed by atoms with Crippen molar-refractivity contribution in [2.75, 3.05) is 5.32 Å². The predicted molar refractivity (Wildman–Crippen MR) is 94.3 cm³/mol. The Labute approximate surface area is 138 Å². The number of hydrogen-bond donors (Lipinski definition) is 3. The summed E-state index contributed by atoms with van der Waals surface area (Å²) < 4.78 is 0. The van der Waals surface area contributed by atoms with Crippen LogP contribution in [0.1, 0.15) is 33.2 Å². The number of nitrogens with one attached hydrogen (secondary N) is 3. The first-order valence-corrected chi connectivity index (χ1v) is 7.83. The fraction of sp³-hybridized carbons (Fsp3) is 0.158. The molecule has 4 rings (SSSR count). The Morgan fingerprint density at radius 2 is 1.75 bits per heavy atom. The van der Waals surface area contributed by atoms with E-state index in [-0.39, 0.29) is 11.5 Å². The maximum atomic E-state index is 12.5. The number of para-hydroxylation sites is 1. The van der Waals surface area contributed by atoms with Crippen molar-refractivity contribution >= 4 is 22.5 Å². The predicted octanol–water partition coefficient (Wildman–Crippen LogP) is 3.00. The molecule has 0 aliphatic carbocycles. The topological polar surface area (TPSA) is 74.0 Å². The van der Waals surface area contributed by atoms with E-state index in [9.17, 15) is 9.59 Å². The Kier molecular flexibility index (Phi) is 3.16. The van der Waals surface area contributed by atoms with Crippen molar-refractivity contribution in [3.8, 4) is 0 Å². The van der Waals surface area contributed by atoms with Crippen LogP contribution in [0.2, 0.25) is 0 Å². The third-order valence-corrected chi connectivity index (χ3v) is 4.40. The van der Waals surface area contributed by atoms with Gasteiger partial charge in [-0.25, -0.2) is 0 Å². The van der Waals surface area contributed by atoms with Crippen LogP contribution in [0.5, 0.6) is 0 Å². The highest BCUT2D eigenvalue weighted by molar-refractivity contribution is 6.01.